The third-order valence-corrected chi connectivity index (χ3v) is 2.96. The summed E-state index contributed by atoms with van der Waals surface area (Å²) in [5.41, 5.74) is 1.27. The lowest BCUT2D eigenvalue weighted by atomic mass is 10.2. The Morgan fingerprint density at radius 2 is 2.20 bits per heavy atom. The third-order valence-electron chi connectivity index (χ3n) is 2.96. The van der Waals surface area contributed by atoms with Gasteiger partial charge < -0.3 is 10.1 Å². The van der Waals surface area contributed by atoms with Gasteiger partial charge in [0.2, 0.25) is 0 Å². The Bertz CT molecular complexity index is 390. The van der Waals surface area contributed by atoms with E-state index in [1.165, 1.54) is 5.56 Å². The van der Waals surface area contributed by atoms with Gasteiger partial charge in [0.15, 0.2) is 0 Å². The fourth-order valence-electron chi connectivity index (χ4n) is 1.88. The molecule has 0 spiro atoms. The van der Waals surface area contributed by atoms with E-state index in [9.17, 15) is 0 Å². The Hall–Kier alpha value is -1.32. The fraction of sp³-hybridized carbons (Fsp3) is 0.529. The van der Waals surface area contributed by atoms with E-state index < -0.39 is 0 Å². The van der Waals surface area contributed by atoms with E-state index in [1.54, 1.807) is 0 Å². The number of benzene rings is 1. The SMILES string of the molecule is C=CCN(C)CCOc1cccc(CNCC(C)C)c1. The first-order chi connectivity index (χ1) is 9.61. The zero-order valence-electron chi connectivity index (χ0n) is 13.1. The second-order valence-corrected chi connectivity index (χ2v) is 5.57. The average molecular weight is 276 g/mol. The number of hydrogen-bond acceptors (Lipinski definition) is 3. The maximum Gasteiger partial charge on any atom is 0.119 e. The monoisotopic (exact) mass is 276 g/mol. The average Bonchev–Trinajstić information content (AvgIpc) is 2.39. The maximum absolute atomic E-state index is 5.79. The Labute approximate surface area is 123 Å². The molecule has 0 aliphatic rings. The summed E-state index contributed by atoms with van der Waals surface area (Å²) in [4.78, 5) is 2.18. The standard InChI is InChI=1S/C17H28N2O/c1-5-9-19(4)10-11-20-17-8-6-7-16(12-17)14-18-13-15(2)3/h5-8,12,15,18H,1,9-11,13-14H2,2-4H3. The van der Waals surface area contributed by atoms with E-state index in [4.69, 9.17) is 4.74 Å². The van der Waals surface area contributed by atoms with Crippen LogP contribution in [0.15, 0.2) is 36.9 Å². The van der Waals surface area contributed by atoms with Crippen molar-refractivity contribution in [2.45, 2.75) is 20.4 Å². The maximum atomic E-state index is 5.79. The molecular formula is C17H28N2O. The van der Waals surface area contributed by atoms with Crippen molar-refractivity contribution in [3.63, 3.8) is 0 Å². The van der Waals surface area contributed by atoms with Crippen LogP contribution >= 0.6 is 0 Å². The van der Waals surface area contributed by atoms with Crippen LogP contribution in [0.5, 0.6) is 5.75 Å². The van der Waals surface area contributed by atoms with Gasteiger partial charge in [-0.2, -0.15) is 0 Å². The normalized spacial score (nSPS) is 11.1. The summed E-state index contributed by atoms with van der Waals surface area (Å²) in [6.45, 7) is 12.6. The molecule has 0 heterocycles. The Balaban J connectivity index is 2.33. The molecule has 0 aliphatic carbocycles. The molecule has 0 radical (unpaired) electrons. The van der Waals surface area contributed by atoms with Crippen molar-refractivity contribution in [2.75, 3.05) is 33.3 Å². The van der Waals surface area contributed by atoms with E-state index in [0.717, 1.165) is 31.9 Å². The number of likely N-dealkylation sites (N-methyl/N-ethyl adjacent to an activating group) is 1. The van der Waals surface area contributed by atoms with Crippen molar-refractivity contribution >= 4 is 0 Å². The van der Waals surface area contributed by atoms with Gasteiger partial charge in [-0.25, -0.2) is 0 Å². The molecule has 0 aromatic heterocycles. The molecule has 20 heavy (non-hydrogen) atoms. The van der Waals surface area contributed by atoms with Crippen molar-refractivity contribution in [2.24, 2.45) is 5.92 Å². The summed E-state index contributed by atoms with van der Waals surface area (Å²) < 4.78 is 5.79. The van der Waals surface area contributed by atoms with Gasteiger partial charge in [-0.05, 0) is 37.2 Å². The van der Waals surface area contributed by atoms with Crippen LogP contribution in [-0.2, 0) is 6.54 Å². The molecule has 0 fully saturated rings. The second-order valence-electron chi connectivity index (χ2n) is 5.57. The van der Waals surface area contributed by atoms with E-state index in [0.29, 0.717) is 12.5 Å². The lowest BCUT2D eigenvalue weighted by Gasteiger charge is -2.15. The largest absolute Gasteiger partial charge is 0.492 e. The Morgan fingerprint density at radius 1 is 1.40 bits per heavy atom. The van der Waals surface area contributed by atoms with Crippen molar-refractivity contribution in [1.82, 2.24) is 10.2 Å². The topological polar surface area (TPSA) is 24.5 Å². The van der Waals surface area contributed by atoms with Gasteiger partial charge in [0.1, 0.15) is 12.4 Å². The minimum Gasteiger partial charge on any atom is -0.492 e. The number of nitrogens with zero attached hydrogens (tertiary/aromatic N) is 1. The molecule has 0 unspecified atom stereocenters. The van der Waals surface area contributed by atoms with Crippen molar-refractivity contribution < 1.29 is 4.74 Å². The molecule has 112 valence electrons. The van der Waals surface area contributed by atoms with Crippen molar-refractivity contribution in [3.8, 4) is 5.75 Å². The minimum absolute atomic E-state index is 0.676. The highest BCUT2D eigenvalue weighted by Crippen LogP contribution is 2.13. The molecule has 1 aromatic rings. The molecule has 1 rings (SSSR count). The van der Waals surface area contributed by atoms with Crippen molar-refractivity contribution in [1.29, 1.82) is 0 Å². The summed E-state index contributed by atoms with van der Waals surface area (Å²) in [5.74, 6) is 1.62. The molecule has 3 nitrogen and oxygen atoms in total. The highest BCUT2D eigenvalue weighted by Gasteiger charge is 2.00. The van der Waals surface area contributed by atoms with Crippen LogP contribution in [0.3, 0.4) is 0 Å². The van der Waals surface area contributed by atoms with Gasteiger partial charge in [0.05, 0.1) is 0 Å². The molecule has 1 N–H and O–H groups in total. The van der Waals surface area contributed by atoms with Crippen LogP contribution in [0.1, 0.15) is 19.4 Å². The minimum atomic E-state index is 0.676. The van der Waals surface area contributed by atoms with Gasteiger partial charge in [-0.15, -0.1) is 6.58 Å². The number of rotatable bonds is 10. The first-order valence-electron chi connectivity index (χ1n) is 7.33. The smallest absolute Gasteiger partial charge is 0.119 e. The first kappa shape index (κ1) is 16.7. The lowest BCUT2D eigenvalue weighted by Crippen LogP contribution is -2.24. The molecule has 0 aliphatic heterocycles. The molecule has 3 heteroatoms. The highest BCUT2D eigenvalue weighted by molar-refractivity contribution is 5.28. The summed E-state index contributed by atoms with van der Waals surface area (Å²) in [5, 5.41) is 3.44. The van der Waals surface area contributed by atoms with Crippen LogP contribution in [0, 0.1) is 5.92 Å². The third kappa shape index (κ3) is 7.31. The van der Waals surface area contributed by atoms with Gasteiger partial charge in [-0.3, -0.25) is 4.90 Å². The summed E-state index contributed by atoms with van der Waals surface area (Å²) in [7, 11) is 2.07. The van der Waals surface area contributed by atoms with E-state index in [2.05, 4.69) is 55.9 Å². The van der Waals surface area contributed by atoms with Crippen molar-refractivity contribution in [3.05, 3.63) is 42.5 Å². The number of nitrogens with one attached hydrogen (secondary N) is 1. The molecule has 0 bridgehead atoms. The number of hydrogen-bond donors (Lipinski definition) is 1. The van der Waals surface area contributed by atoms with Crippen LogP contribution in [0.2, 0.25) is 0 Å². The zero-order valence-corrected chi connectivity index (χ0v) is 13.1. The summed E-state index contributed by atoms with van der Waals surface area (Å²) in [6, 6.07) is 8.31. The Morgan fingerprint density at radius 3 is 2.90 bits per heavy atom. The Kier molecular flexibility index (Phi) is 8.00. The van der Waals surface area contributed by atoms with Gasteiger partial charge in [0, 0.05) is 19.6 Å². The van der Waals surface area contributed by atoms with Crippen LogP contribution < -0.4 is 10.1 Å². The van der Waals surface area contributed by atoms with Crippen LogP contribution in [0.4, 0.5) is 0 Å². The molecule has 1 aromatic carbocycles. The van der Waals surface area contributed by atoms with E-state index in [1.807, 2.05) is 12.1 Å². The number of ether oxygens (including phenoxy) is 1. The predicted molar refractivity (Wildman–Crippen MR) is 86.2 cm³/mol. The molecule has 0 saturated heterocycles. The second kappa shape index (κ2) is 9.56. The fourth-order valence-corrected chi connectivity index (χ4v) is 1.88. The van der Waals surface area contributed by atoms with Gasteiger partial charge >= 0.3 is 0 Å². The van der Waals surface area contributed by atoms with Gasteiger partial charge in [-0.1, -0.05) is 32.1 Å². The predicted octanol–water partition coefficient (Wildman–Crippen LogP) is 2.93. The molecular weight excluding hydrogens is 248 g/mol. The van der Waals surface area contributed by atoms with Crippen LogP contribution in [0.25, 0.3) is 0 Å². The highest BCUT2D eigenvalue weighted by atomic mass is 16.5. The van der Waals surface area contributed by atoms with E-state index >= 15 is 0 Å². The summed E-state index contributed by atoms with van der Waals surface area (Å²) >= 11 is 0. The molecule has 0 atom stereocenters. The first-order valence-corrected chi connectivity index (χ1v) is 7.33. The molecule has 0 saturated carbocycles. The van der Waals surface area contributed by atoms with Crippen LogP contribution in [-0.4, -0.2) is 38.2 Å². The zero-order chi connectivity index (χ0) is 14.8. The van der Waals surface area contributed by atoms with E-state index in [-0.39, 0.29) is 0 Å². The quantitative estimate of drug-likeness (QED) is 0.665. The lowest BCUT2D eigenvalue weighted by molar-refractivity contribution is 0.249. The molecule has 0 amide bonds. The summed E-state index contributed by atoms with van der Waals surface area (Å²) in [6.07, 6.45) is 1.90. The van der Waals surface area contributed by atoms with Gasteiger partial charge in [0.25, 0.3) is 0 Å².